The van der Waals surface area contributed by atoms with Gasteiger partial charge in [0.25, 0.3) is 0 Å². The van der Waals surface area contributed by atoms with Crippen LogP contribution >= 0.6 is 0 Å². The Hall–Kier alpha value is -2.02. The number of hydrogen-bond donors (Lipinski definition) is 0. The van der Waals surface area contributed by atoms with Crippen LogP contribution in [0.5, 0.6) is 0 Å². The van der Waals surface area contributed by atoms with E-state index in [0.717, 1.165) is 19.4 Å². The van der Waals surface area contributed by atoms with Crippen LogP contribution in [0.2, 0.25) is 0 Å². The standard InChI is InChI=1S/C16H21N3O/c1-18(11-6-10-17)16(20)13-19-12-5-4-8-14-7-2-3-9-15(14)19/h2-3,7,9H,4-6,8,11-13H2,1H3. The van der Waals surface area contributed by atoms with Gasteiger partial charge >= 0.3 is 0 Å². The second-order valence-corrected chi connectivity index (χ2v) is 5.23. The third kappa shape index (κ3) is 3.51. The van der Waals surface area contributed by atoms with Crippen LogP contribution in [0.3, 0.4) is 0 Å². The van der Waals surface area contributed by atoms with Crippen molar-refractivity contribution in [3.8, 4) is 6.07 Å². The van der Waals surface area contributed by atoms with Crippen LogP contribution < -0.4 is 4.90 Å². The smallest absolute Gasteiger partial charge is 0.241 e. The quantitative estimate of drug-likeness (QED) is 0.843. The van der Waals surface area contributed by atoms with Crippen molar-refractivity contribution in [3.05, 3.63) is 29.8 Å². The van der Waals surface area contributed by atoms with E-state index in [2.05, 4.69) is 29.2 Å². The van der Waals surface area contributed by atoms with Crippen LogP contribution in [0, 0.1) is 11.3 Å². The van der Waals surface area contributed by atoms with Crippen LogP contribution in [0.15, 0.2) is 24.3 Å². The van der Waals surface area contributed by atoms with Gasteiger partial charge in [-0.3, -0.25) is 4.79 Å². The molecule has 2 rings (SSSR count). The summed E-state index contributed by atoms with van der Waals surface area (Å²) in [7, 11) is 1.77. The Morgan fingerprint density at radius 3 is 3.00 bits per heavy atom. The Kier molecular flexibility index (Phi) is 5.00. The molecule has 0 atom stereocenters. The fraction of sp³-hybridized carbons (Fsp3) is 0.500. The van der Waals surface area contributed by atoms with Crippen LogP contribution in [0.25, 0.3) is 0 Å². The number of para-hydroxylation sites is 1. The first kappa shape index (κ1) is 14.4. The van der Waals surface area contributed by atoms with Crippen LogP contribution in [0.1, 0.15) is 24.8 Å². The Labute approximate surface area is 120 Å². The summed E-state index contributed by atoms with van der Waals surface area (Å²) in [5.41, 5.74) is 2.52. The highest BCUT2D eigenvalue weighted by atomic mass is 16.2. The fourth-order valence-electron chi connectivity index (χ4n) is 2.56. The number of carbonyl (C=O) groups excluding carboxylic acids is 1. The normalized spacial score (nSPS) is 14.1. The van der Waals surface area contributed by atoms with Gasteiger partial charge in [0.05, 0.1) is 19.0 Å². The number of amides is 1. The fourth-order valence-corrected chi connectivity index (χ4v) is 2.56. The molecule has 1 aliphatic rings. The number of nitriles is 1. The molecule has 1 heterocycles. The highest BCUT2D eigenvalue weighted by Gasteiger charge is 2.19. The average molecular weight is 271 g/mol. The van der Waals surface area contributed by atoms with E-state index >= 15 is 0 Å². The molecule has 0 radical (unpaired) electrons. The summed E-state index contributed by atoms with van der Waals surface area (Å²) in [6.45, 7) is 1.83. The lowest BCUT2D eigenvalue weighted by Gasteiger charge is -2.26. The first-order valence-electron chi connectivity index (χ1n) is 7.16. The first-order valence-corrected chi connectivity index (χ1v) is 7.16. The topological polar surface area (TPSA) is 47.3 Å². The van der Waals surface area contributed by atoms with Crippen molar-refractivity contribution in [2.75, 3.05) is 31.6 Å². The molecule has 106 valence electrons. The van der Waals surface area contributed by atoms with Crippen LogP contribution in [-0.2, 0) is 11.2 Å². The monoisotopic (exact) mass is 271 g/mol. The van der Waals surface area contributed by atoms with Gasteiger partial charge in [-0.25, -0.2) is 0 Å². The number of anilines is 1. The maximum Gasteiger partial charge on any atom is 0.241 e. The highest BCUT2D eigenvalue weighted by molar-refractivity contribution is 5.81. The average Bonchev–Trinajstić information content (AvgIpc) is 2.67. The number of carbonyl (C=O) groups is 1. The van der Waals surface area contributed by atoms with E-state index in [1.54, 1.807) is 11.9 Å². The second-order valence-electron chi connectivity index (χ2n) is 5.23. The Morgan fingerprint density at radius 1 is 1.40 bits per heavy atom. The summed E-state index contributed by atoms with van der Waals surface area (Å²) >= 11 is 0. The van der Waals surface area contributed by atoms with Gasteiger partial charge in [0.2, 0.25) is 5.91 Å². The molecule has 4 heteroatoms. The molecular weight excluding hydrogens is 250 g/mol. The summed E-state index contributed by atoms with van der Waals surface area (Å²) in [5, 5.41) is 8.59. The van der Waals surface area contributed by atoms with Gasteiger partial charge in [0.15, 0.2) is 0 Å². The molecule has 0 unspecified atom stereocenters. The lowest BCUT2D eigenvalue weighted by molar-refractivity contribution is -0.128. The predicted molar refractivity (Wildman–Crippen MR) is 79.5 cm³/mol. The lowest BCUT2D eigenvalue weighted by atomic mass is 10.1. The zero-order valence-electron chi connectivity index (χ0n) is 12.0. The van der Waals surface area contributed by atoms with Crippen molar-refractivity contribution in [2.45, 2.75) is 25.7 Å². The molecule has 1 aromatic rings. The van der Waals surface area contributed by atoms with E-state index in [9.17, 15) is 4.79 Å². The third-order valence-electron chi connectivity index (χ3n) is 3.77. The molecule has 1 aliphatic heterocycles. The van der Waals surface area contributed by atoms with Gasteiger partial charge in [0.1, 0.15) is 0 Å². The van der Waals surface area contributed by atoms with E-state index in [4.69, 9.17) is 5.26 Å². The maximum atomic E-state index is 12.2. The minimum absolute atomic E-state index is 0.0805. The third-order valence-corrected chi connectivity index (χ3v) is 3.77. The number of nitrogens with zero attached hydrogens (tertiary/aromatic N) is 3. The van der Waals surface area contributed by atoms with Gasteiger partial charge < -0.3 is 9.80 Å². The van der Waals surface area contributed by atoms with E-state index in [0.29, 0.717) is 19.5 Å². The SMILES string of the molecule is CN(CCC#N)C(=O)CN1CCCCc2ccccc21. The number of fused-ring (bicyclic) bond motifs is 1. The number of likely N-dealkylation sites (N-methyl/N-ethyl adjacent to an activating group) is 1. The second kappa shape index (κ2) is 6.95. The van der Waals surface area contributed by atoms with Gasteiger partial charge in [-0.2, -0.15) is 5.26 Å². The number of benzene rings is 1. The molecule has 0 saturated heterocycles. The molecule has 0 N–H and O–H groups in total. The molecule has 0 bridgehead atoms. The van der Waals surface area contributed by atoms with Crippen molar-refractivity contribution in [1.82, 2.24) is 4.90 Å². The molecule has 4 nitrogen and oxygen atoms in total. The van der Waals surface area contributed by atoms with E-state index in [1.807, 2.05) is 6.07 Å². The number of aryl methyl sites for hydroxylation is 1. The van der Waals surface area contributed by atoms with E-state index in [-0.39, 0.29) is 5.91 Å². The molecule has 1 amide bonds. The molecule has 0 aliphatic carbocycles. The Bertz CT molecular complexity index is 507. The maximum absolute atomic E-state index is 12.2. The predicted octanol–water partition coefficient (Wildman–Crippen LogP) is 2.20. The van der Waals surface area contributed by atoms with Crippen molar-refractivity contribution >= 4 is 11.6 Å². The number of rotatable bonds is 4. The molecule has 0 spiro atoms. The minimum atomic E-state index is 0.0805. The molecule has 1 aromatic carbocycles. The summed E-state index contributed by atoms with van der Waals surface area (Å²) in [6.07, 6.45) is 3.76. The van der Waals surface area contributed by atoms with Crippen molar-refractivity contribution in [1.29, 1.82) is 5.26 Å². The largest absolute Gasteiger partial charge is 0.362 e. The number of hydrogen-bond acceptors (Lipinski definition) is 3. The van der Waals surface area contributed by atoms with E-state index < -0.39 is 0 Å². The minimum Gasteiger partial charge on any atom is -0.362 e. The zero-order valence-corrected chi connectivity index (χ0v) is 12.0. The molecule has 0 fully saturated rings. The molecular formula is C16H21N3O. The Balaban J connectivity index is 2.05. The van der Waals surface area contributed by atoms with Gasteiger partial charge in [-0.1, -0.05) is 18.2 Å². The lowest BCUT2D eigenvalue weighted by Crippen LogP contribution is -2.39. The van der Waals surface area contributed by atoms with Gasteiger partial charge in [-0.15, -0.1) is 0 Å². The molecule has 0 aromatic heterocycles. The van der Waals surface area contributed by atoms with Gasteiger partial charge in [0, 0.05) is 25.8 Å². The highest BCUT2D eigenvalue weighted by Crippen LogP contribution is 2.25. The zero-order chi connectivity index (χ0) is 14.4. The summed E-state index contributed by atoms with van der Waals surface area (Å²) < 4.78 is 0. The summed E-state index contributed by atoms with van der Waals surface area (Å²) in [5.74, 6) is 0.0805. The Morgan fingerprint density at radius 2 is 2.20 bits per heavy atom. The first-order chi connectivity index (χ1) is 9.72. The van der Waals surface area contributed by atoms with Crippen molar-refractivity contribution in [3.63, 3.8) is 0 Å². The summed E-state index contributed by atoms with van der Waals surface area (Å²) in [6, 6.07) is 10.4. The van der Waals surface area contributed by atoms with Crippen LogP contribution in [-0.4, -0.2) is 37.5 Å². The van der Waals surface area contributed by atoms with E-state index in [1.165, 1.54) is 17.7 Å². The van der Waals surface area contributed by atoms with Gasteiger partial charge in [-0.05, 0) is 30.9 Å². The van der Waals surface area contributed by atoms with Crippen LogP contribution in [0.4, 0.5) is 5.69 Å². The summed E-state index contributed by atoms with van der Waals surface area (Å²) in [4.78, 5) is 16.0. The molecule has 20 heavy (non-hydrogen) atoms. The van der Waals surface area contributed by atoms with Crippen molar-refractivity contribution in [2.24, 2.45) is 0 Å². The molecule has 0 saturated carbocycles. The van der Waals surface area contributed by atoms with Crippen molar-refractivity contribution < 1.29 is 4.79 Å².